The number of carbonyl (C=O) groups is 1. The van der Waals surface area contributed by atoms with Gasteiger partial charge >= 0.3 is 5.97 Å². The summed E-state index contributed by atoms with van der Waals surface area (Å²) in [5.74, 6) is -0.512. The summed E-state index contributed by atoms with van der Waals surface area (Å²) in [5.41, 5.74) is 2.52. The van der Waals surface area contributed by atoms with Crippen molar-refractivity contribution in [1.82, 2.24) is 4.98 Å². The predicted molar refractivity (Wildman–Crippen MR) is 64.4 cm³/mol. The molecule has 2 rings (SSSR count). The molecule has 1 N–H and O–H groups in total. The molecular formula is C13H13NO3. The van der Waals surface area contributed by atoms with E-state index >= 15 is 0 Å². The zero-order chi connectivity index (χ0) is 12.4. The fourth-order valence-corrected chi connectivity index (χ4v) is 1.77. The summed E-state index contributed by atoms with van der Waals surface area (Å²) in [7, 11) is 1.50. The summed E-state index contributed by atoms with van der Waals surface area (Å²) >= 11 is 0. The molecule has 4 nitrogen and oxygen atoms in total. The third kappa shape index (κ3) is 2.36. The fourth-order valence-electron chi connectivity index (χ4n) is 1.77. The molecule has 0 bridgehead atoms. The molecule has 2 aromatic rings. The number of pyridine rings is 1. The Morgan fingerprint density at radius 3 is 2.82 bits per heavy atom. The van der Waals surface area contributed by atoms with E-state index in [1.807, 2.05) is 31.2 Å². The molecule has 0 spiro atoms. The minimum absolute atomic E-state index is 0.0833. The van der Waals surface area contributed by atoms with Gasteiger partial charge in [-0.1, -0.05) is 12.1 Å². The van der Waals surface area contributed by atoms with Gasteiger partial charge in [-0.2, -0.15) is 0 Å². The van der Waals surface area contributed by atoms with Gasteiger partial charge in [-0.25, -0.2) is 4.98 Å². The third-order valence-corrected chi connectivity index (χ3v) is 2.55. The molecule has 0 amide bonds. The molecule has 0 aliphatic heterocycles. The van der Waals surface area contributed by atoms with Crippen LogP contribution in [-0.2, 0) is 11.2 Å². The molecule has 0 radical (unpaired) electrons. The van der Waals surface area contributed by atoms with E-state index in [2.05, 4.69) is 4.98 Å². The first kappa shape index (κ1) is 11.4. The molecule has 88 valence electrons. The van der Waals surface area contributed by atoms with Gasteiger partial charge < -0.3 is 9.84 Å². The minimum atomic E-state index is -0.892. The quantitative estimate of drug-likeness (QED) is 0.879. The molecule has 0 fully saturated rings. The van der Waals surface area contributed by atoms with E-state index in [0.29, 0.717) is 11.4 Å². The minimum Gasteiger partial charge on any atom is -0.481 e. The second-order valence-electron chi connectivity index (χ2n) is 3.92. The molecule has 0 aliphatic rings. The fraction of sp³-hybridized carbons (Fsp3) is 0.231. The lowest BCUT2D eigenvalue weighted by molar-refractivity contribution is -0.136. The van der Waals surface area contributed by atoms with Crippen LogP contribution in [0.4, 0.5) is 0 Å². The Hall–Kier alpha value is -2.10. The lowest BCUT2D eigenvalue weighted by Crippen LogP contribution is -2.04. The summed E-state index contributed by atoms with van der Waals surface area (Å²) < 4.78 is 5.12. The average Bonchev–Trinajstić information content (AvgIpc) is 2.28. The first-order chi connectivity index (χ1) is 8.10. The number of fused-ring (bicyclic) bond motifs is 1. The van der Waals surface area contributed by atoms with Gasteiger partial charge in [0, 0.05) is 10.9 Å². The van der Waals surface area contributed by atoms with E-state index in [9.17, 15) is 4.79 Å². The second-order valence-corrected chi connectivity index (χ2v) is 3.92. The standard InChI is InChI=1S/C13H13NO3/c1-8-3-4-9-6-10(7-12(15)16)13(17-2)14-11(9)5-8/h3-6H,7H2,1-2H3,(H,15,16). The zero-order valence-corrected chi connectivity index (χ0v) is 9.73. The molecule has 1 heterocycles. The number of hydrogen-bond donors (Lipinski definition) is 1. The van der Waals surface area contributed by atoms with Crippen molar-refractivity contribution < 1.29 is 14.6 Å². The Balaban J connectivity index is 2.60. The Morgan fingerprint density at radius 1 is 1.41 bits per heavy atom. The van der Waals surface area contributed by atoms with Crippen LogP contribution in [0.3, 0.4) is 0 Å². The van der Waals surface area contributed by atoms with Crippen molar-refractivity contribution in [2.45, 2.75) is 13.3 Å². The van der Waals surface area contributed by atoms with Crippen LogP contribution in [0.5, 0.6) is 5.88 Å². The summed E-state index contributed by atoms with van der Waals surface area (Å²) in [6, 6.07) is 7.67. The Kier molecular flexibility index (Phi) is 2.95. The van der Waals surface area contributed by atoms with Crippen LogP contribution >= 0.6 is 0 Å². The van der Waals surface area contributed by atoms with Crippen molar-refractivity contribution >= 4 is 16.9 Å². The van der Waals surface area contributed by atoms with E-state index in [1.54, 1.807) is 0 Å². The molecule has 0 aliphatic carbocycles. The molecular weight excluding hydrogens is 218 g/mol. The first-order valence-corrected chi connectivity index (χ1v) is 5.26. The number of benzene rings is 1. The number of carboxylic acid groups (broad SMARTS) is 1. The Bertz CT molecular complexity index is 578. The van der Waals surface area contributed by atoms with Crippen LogP contribution in [0.25, 0.3) is 10.9 Å². The van der Waals surface area contributed by atoms with Crippen molar-refractivity contribution in [1.29, 1.82) is 0 Å². The molecule has 0 saturated carbocycles. The number of hydrogen-bond acceptors (Lipinski definition) is 3. The Labute approximate surface area is 98.9 Å². The van der Waals surface area contributed by atoms with Crippen molar-refractivity contribution in [3.05, 3.63) is 35.4 Å². The first-order valence-electron chi connectivity index (χ1n) is 5.26. The molecule has 1 aromatic carbocycles. The summed E-state index contributed by atoms with van der Waals surface area (Å²) in [6.07, 6.45) is -0.0833. The predicted octanol–water partition coefficient (Wildman–Crippen LogP) is 2.18. The highest BCUT2D eigenvalue weighted by Gasteiger charge is 2.10. The molecule has 4 heteroatoms. The van der Waals surface area contributed by atoms with Gasteiger partial charge in [0.2, 0.25) is 5.88 Å². The van der Waals surface area contributed by atoms with Crippen LogP contribution in [0.2, 0.25) is 0 Å². The molecule has 0 unspecified atom stereocenters. The van der Waals surface area contributed by atoms with E-state index in [0.717, 1.165) is 16.5 Å². The summed E-state index contributed by atoms with van der Waals surface area (Å²) in [6.45, 7) is 1.98. The van der Waals surface area contributed by atoms with Crippen LogP contribution in [0.15, 0.2) is 24.3 Å². The smallest absolute Gasteiger partial charge is 0.308 e. The zero-order valence-electron chi connectivity index (χ0n) is 9.73. The van der Waals surface area contributed by atoms with Gasteiger partial charge in [0.1, 0.15) is 0 Å². The van der Waals surface area contributed by atoms with Crippen molar-refractivity contribution in [3.63, 3.8) is 0 Å². The van der Waals surface area contributed by atoms with Crippen LogP contribution < -0.4 is 4.74 Å². The Morgan fingerprint density at radius 2 is 2.18 bits per heavy atom. The average molecular weight is 231 g/mol. The molecule has 0 saturated heterocycles. The van der Waals surface area contributed by atoms with Gasteiger partial charge in [-0.05, 0) is 24.6 Å². The monoisotopic (exact) mass is 231 g/mol. The van der Waals surface area contributed by atoms with Gasteiger partial charge in [0.05, 0.1) is 19.0 Å². The van der Waals surface area contributed by atoms with Crippen molar-refractivity contribution in [2.75, 3.05) is 7.11 Å². The number of ether oxygens (including phenoxy) is 1. The second kappa shape index (κ2) is 4.41. The van der Waals surface area contributed by atoms with E-state index in [1.165, 1.54) is 7.11 Å². The van der Waals surface area contributed by atoms with Gasteiger partial charge in [-0.3, -0.25) is 4.79 Å². The largest absolute Gasteiger partial charge is 0.481 e. The number of rotatable bonds is 3. The van der Waals surface area contributed by atoms with Crippen LogP contribution in [0.1, 0.15) is 11.1 Å². The maximum absolute atomic E-state index is 10.7. The van der Waals surface area contributed by atoms with E-state index in [4.69, 9.17) is 9.84 Å². The number of aromatic nitrogens is 1. The van der Waals surface area contributed by atoms with Crippen molar-refractivity contribution in [2.24, 2.45) is 0 Å². The lowest BCUT2D eigenvalue weighted by Gasteiger charge is -2.08. The lowest BCUT2D eigenvalue weighted by atomic mass is 10.1. The molecule has 0 atom stereocenters. The highest BCUT2D eigenvalue weighted by Crippen LogP contribution is 2.23. The number of methoxy groups -OCH3 is 1. The number of carboxylic acids is 1. The highest BCUT2D eigenvalue weighted by molar-refractivity contribution is 5.82. The van der Waals surface area contributed by atoms with Crippen LogP contribution in [0, 0.1) is 6.92 Å². The number of aryl methyl sites for hydroxylation is 1. The molecule has 17 heavy (non-hydrogen) atoms. The highest BCUT2D eigenvalue weighted by atomic mass is 16.5. The van der Waals surface area contributed by atoms with Gasteiger partial charge in [0.15, 0.2) is 0 Å². The number of nitrogens with zero attached hydrogens (tertiary/aromatic N) is 1. The van der Waals surface area contributed by atoms with E-state index in [-0.39, 0.29) is 6.42 Å². The summed E-state index contributed by atoms with van der Waals surface area (Å²) in [4.78, 5) is 15.1. The maximum Gasteiger partial charge on any atom is 0.308 e. The third-order valence-electron chi connectivity index (χ3n) is 2.55. The molecule has 1 aromatic heterocycles. The van der Waals surface area contributed by atoms with Gasteiger partial charge in [0.25, 0.3) is 0 Å². The van der Waals surface area contributed by atoms with Crippen LogP contribution in [-0.4, -0.2) is 23.2 Å². The van der Waals surface area contributed by atoms with Crippen molar-refractivity contribution in [3.8, 4) is 5.88 Å². The van der Waals surface area contributed by atoms with E-state index < -0.39 is 5.97 Å². The SMILES string of the molecule is COc1nc2cc(C)ccc2cc1CC(=O)O. The topological polar surface area (TPSA) is 59.4 Å². The van der Waals surface area contributed by atoms with Gasteiger partial charge in [-0.15, -0.1) is 0 Å². The maximum atomic E-state index is 10.7. The summed E-state index contributed by atoms with van der Waals surface area (Å²) in [5, 5.41) is 9.74. The number of aliphatic carboxylic acids is 1. The normalized spacial score (nSPS) is 10.5.